The molecule has 2 heterocycles. The van der Waals surface area contributed by atoms with Gasteiger partial charge in [-0.3, -0.25) is 0 Å². The maximum absolute atomic E-state index is 3.23. The fourth-order valence-electron chi connectivity index (χ4n) is 1.64. The van der Waals surface area contributed by atoms with Gasteiger partial charge in [0, 0.05) is 15.3 Å². The Balaban J connectivity index is 1.85. The van der Waals surface area contributed by atoms with Crippen LogP contribution in [0.5, 0.6) is 0 Å². The highest BCUT2D eigenvalue weighted by molar-refractivity contribution is 14.1. The highest BCUT2D eigenvalue weighted by atomic mass is 127. The minimum Gasteiger partial charge on any atom is -0.128 e. The number of rotatable bonds is 1. The second-order valence-electron chi connectivity index (χ2n) is 3.88. The Bertz CT molecular complexity index is 742. The molecular formula is C16H9IS2. The van der Waals surface area contributed by atoms with Crippen LogP contribution in [0.1, 0.15) is 10.4 Å². The molecule has 3 aromatic rings. The van der Waals surface area contributed by atoms with Crippen molar-refractivity contribution in [2.24, 2.45) is 0 Å². The van der Waals surface area contributed by atoms with Crippen LogP contribution in [-0.2, 0) is 0 Å². The molecule has 2 aromatic heterocycles. The van der Waals surface area contributed by atoms with Crippen LogP contribution in [0, 0.1) is 14.7 Å². The van der Waals surface area contributed by atoms with Crippen molar-refractivity contribution in [2.45, 2.75) is 0 Å². The Morgan fingerprint density at radius 2 is 1.47 bits per heavy atom. The lowest BCUT2D eigenvalue weighted by molar-refractivity contribution is 1.65. The van der Waals surface area contributed by atoms with Gasteiger partial charge >= 0.3 is 0 Å². The minimum absolute atomic E-state index is 1.06. The van der Waals surface area contributed by atoms with Crippen molar-refractivity contribution in [1.82, 2.24) is 0 Å². The lowest BCUT2D eigenvalue weighted by Crippen LogP contribution is -1.70. The molecule has 0 aliphatic carbocycles. The normalized spacial score (nSPS) is 9.95. The largest absolute Gasteiger partial charge is 0.128 e. The highest BCUT2D eigenvalue weighted by Crippen LogP contribution is 2.33. The van der Waals surface area contributed by atoms with Crippen LogP contribution < -0.4 is 0 Å². The fourth-order valence-corrected chi connectivity index (χ4v) is 4.21. The summed E-state index contributed by atoms with van der Waals surface area (Å²) in [6.45, 7) is 0. The van der Waals surface area contributed by atoms with E-state index in [1.807, 2.05) is 41.7 Å². The first-order valence-electron chi connectivity index (χ1n) is 5.74. The number of benzene rings is 1. The highest BCUT2D eigenvalue weighted by Gasteiger charge is 2.03. The van der Waals surface area contributed by atoms with Gasteiger partial charge in [-0.25, -0.2) is 0 Å². The molecule has 0 saturated heterocycles. The van der Waals surface area contributed by atoms with Crippen LogP contribution in [0.15, 0.2) is 54.6 Å². The van der Waals surface area contributed by atoms with E-state index in [4.69, 9.17) is 0 Å². The lowest BCUT2D eigenvalue weighted by Gasteiger charge is -1.87. The zero-order valence-corrected chi connectivity index (χ0v) is 13.7. The topological polar surface area (TPSA) is 0 Å². The van der Waals surface area contributed by atoms with Crippen LogP contribution >= 0.6 is 45.3 Å². The summed E-state index contributed by atoms with van der Waals surface area (Å²) in [7, 11) is 0. The number of thiophene rings is 2. The molecule has 0 unspecified atom stereocenters. The van der Waals surface area contributed by atoms with E-state index in [0.29, 0.717) is 0 Å². The summed E-state index contributed by atoms with van der Waals surface area (Å²) in [6.07, 6.45) is 0. The summed E-state index contributed by atoms with van der Waals surface area (Å²) < 4.78 is 1.32. The van der Waals surface area contributed by atoms with Crippen LogP contribution in [-0.4, -0.2) is 0 Å². The van der Waals surface area contributed by atoms with E-state index in [2.05, 4.69) is 58.7 Å². The van der Waals surface area contributed by atoms with Gasteiger partial charge in [-0.2, -0.15) is 0 Å². The Morgan fingerprint density at radius 3 is 2.21 bits per heavy atom. The van der Waals surface area contributed by atoms with Crippen molar-refractivity contribution in [3.63, 3.8) is 0 Å². The lowest BCUT2D eigenvalue weighted by atomic mass is 10.2. The molecule has 0 aliphatic rings. The Morgan fingerprint density at radius 1 is 0.737 bits per heavy atom. The first kappa shape index (κ1) is 12.9. The molecule has 0 radical (unpaired) electrons. The summed E-state index contributed by atoms with van der Waals surface area (Å²) in [4.78, 5) is 3.73. The van der Waals surface area contributed by atoms with Crippen molar-refractivity contribution in [2.75, 3.05) is 0 Å². The summed E-state index contributed by atoms with van der Waals surface area (Å²) in [5, 5.41) is 0. The SMILES string of the molecule is Ic1ccc(-c2ccc(C#Cc3ccccc3)s2)s1. The standard InChI is InChI=1S/C16H9IS2/c17-16-11-10-15(19-16)14-9-8-13(18-14)7-6-12-4-2-1-3-5-12/h1-5,8-11H. The van der Waals surface area contributed by atoms with Gasteiger partial charge in [0.15, 0.2) is 0 Å². The quantitative estimate of drug-likeness (QED) is 0.380. The molecule has 19 heavy (non-hydrogen) atoms. The molecule has 0 aliphatic heterocycles. The number of hydrogen-bond acceptors (Lipinski definition) is 2. The van der Waals surface area contributed by atoms with Gasteiger partial charge in [0.05, 0.1) is 7.76 Å². The predicted molar refractivity (Wildman–Crippen MR) is 92.8 cm³/mol. The van der Waals surface area contributed by atoms with Crippen LogP contribution in [0.25, 0.3) is 9.75 Å². The zero-order chi connectivity index (χ0) is 13.1. The van der Waals surface area contributed by atoms with Crippen LogP contribution in [0.3, 0.4) is 0 Å². The zero-order valence-electron chi connectivity index (χ0n) is 9.89. The van der Waals surface area contributed by atoms with Gasteiger partial charge in [-0.15, -0.1) is 22.7 Å². The van der Waals surface area contributed by atoms with Crippen molar-refractivity contribution in [1.29, 1.82) is 0 Å². The number of hydrogen-bond donors (Lipinski definition) is 0. The summed E-state index contributed by atoms with van der Waals surface area (Å²) in [5.74, 6) is 6.42. The monoisotopic (exact) mass is 392 g/mol. The first-order chi connectivity index (χ1) is 9.31. The van der Waals surface area contributed by atoms with E-state index in [1.54, 1.807) is 11.3 Å². The molecule has 3 rings (SSSR count). The molecule has 0 atom stereocenters. The van der Waals surface area contributed by atoms with Crippen molar-refractivity contribution >= 4 is 45.3 Å². The molecule has 1 aromatic carbocycles. The molecule has 0 nitrogen and oxygen atoms in total. The third-order valence-electron chi connectivity index (χ3n) is 2.53. The molecule has 0 fully saturated rings. The molecule has 0 N–H and O–H groups in total. The summed E-state index contributed by atoms with van der Waals surface area (Å²) in [5.41, 5.74) is 1.06. The third-order valence-corrected chi connectivity index (χ3v) is 5.62. The second kappa shape index (κ2) is 5.91. The molecule has 0 spiro atoms. The molecule has 0 amide bonds. The Labute approximate surface area is 134 Å². The van der Waals surface area contributed by atoms with Gasteiger partial charge in [-0.1, -0.05) is 30.0 Å². The molecule has 3 heteroatoms. The fraction of sp³-hybridized carbons (Fsp3) is 0. The first-order valence-corrected chi connectivity index (χ1v) is 8.45. The van der Waals surface area contributed by atoms with E-state index >= 15 is 0 Å². The van der Waals surface area contributed by atoms with Crippen molar-refractivity contribution in [3.05, 3.63) is 67.9 Å². The number of halogens is 1. The second-order valence-corrected chi connectivity index (χ2v) is 7.95. The predicted octanol–water partition coefficient (Wildman–Crippen LogP) is 5.48. The minimum atomic E-state index is 1.06. The van der Waals surface area contributed by atoms with Crippen molar-refractivity contribution < 1.29 is 0 Å². The maximum atomic E-state index is 3.23. The van der Waals surface area contributed by atoms with Gasteiger partial charge in [0.2, 0.25) is 0 Å². The smallest absolute Gasteiger partial charge is 0.0779 e. The average molecular weight is 392 g/mol. The summed E-state index contributed by atoms with van der Waals surface area (Å²) in [6, 6.07) is 18.7. The molecule has 0 bridgehead atoms. The average Bonchev–Trinajstić information content (AvgIpc) is 3.06. The Kier molecular flexibility index (Phi) is 4.02. The van der Waals surface area contributed by atoms with Crippen LogP contribution in [0.2, 0.25) is 0 Å². The molecular weight excluding hydrogens is 383 g/mol. The van der Waals surface area contributed by atoms with E-state index in [0.717, 1.165) is 10.4 Å². The van der Waals surface area contributed by atoms with Gasteiger partial charge < -0.3 is 0 Å². The third kappa shape index (κ3) is 3.27. The van der Waals surface area contributed by atoms with E-state index in [9.17, 15) is 0 Å². The van der Waals surface area contributed by atoms with Crippen molar-refractivity contribution in [3.8, 4) is 21.6 Å². The molecule has 92 valence electrons. The van der Waals surface area contributed by atoms with Crippen LogP contribution in [0.4, 0.5) is 0 Å². The van der Waals surface area contributed by atoms with E-state index in [1.165, 1.54) is 12.6 Å². The van der Waals surface area contributed by atoms with Gasteiger partial charge in [0.1, 0.15) is 0 Å². The maximum Gasteiger partial charge on any atom is 0.0779 e. The van der Waals surface area contributed by atoms with Gasteiger partial charge in [0.25, 0.3) is 0 Å². The van der Waals surface area contributed by atoms with E-state index < -0.39 is 0 Å². The summed E-state index contributed by atoms with van der Waals surface area (Å²) >= 11 is 5.92. The Hall–Kier alpha value is -1.09. The van der Waals surface area contributed by atoms with Gasteiger partial charge in [-0.05, 0) is 59.0 Å². The molecule has 0 saturated carbocycles. The van der Waals surface area contributed by atoms with E-state index in [-0.39, 0.29) is 0 Å².